The molecule has 3 aromatic rings. The van der Waals surface area contributed by atoms with E-state index in [1.165, 1.54) is 19.3 Å². The number of ether oxygens (including phenoxy) is 1. The Hall–Kier alpha value is -2.43. The van der Waals surface area contributed by atoms with Crippen LogP contribution in [0.15, 0.2) is 34.9 Å². The average Bonchev–Trinajstić information content (AvgIpc) is 3.11. The molecule has 0 bridgehead atoms. The lowest BCUT2D eigenvalue weighted by Gasteiger charge is -2.17. The van der Waals surface area contributed by atoms with E-state index >= 15 is 0 Å². The van der Waals surface area contributed by atoms with Crippen molar-refractivity contribution in [2.75, 3.05) is 7.11 Å². The minimum absolute atomic E-state index is 0.393. The molecule has 0 N–H and O–H groups in total. The molecule has 0 unspecified atom stereocenters. The molecule has 0 radical (unpaired) electrons. The number of hydrogen-bond donors (Lipinski definition) is 0. The quantitative estimate of drug-likeness (QED) is 0.720. The van der Waals surface area contributed by atoms with Gasteiger partial charge in [-0.15, -0.1) is 0 Å². The molecule has 0 aliphatic heterocycles. The Balaban J connectivity index is 1.74. The Labute approximate surface area is 134 Å². The second-order valence-electron chi connectivity index (χ2n) is 6.03. The lowest BCUT2D eigenvalue weighted by molar-refractivity contribution is 0.314. The van der Waals surface area contributed by atoms with Gasteiger partial charge in [0.25, 0.3) is 0 Å². The number of fused-ring (bicyclic) bond motifs is 1. The van der Waals surface area contributed by atoms with Crippen LogP contribution in [0.2, 0.25) is 0 Å². The Morgan fingerprint density at radius 3 is 2.74 bits per heavy atom. The van der Waals surface area contributed by atoms with Crippen LogP contribution in [0.25, 0.3) is 22.3 Å². The predicted octanol–water partition coefficient (Wildman–Crippen LogP) is 4.34. The first-order valence-corrected chi connectivity index (χ1v) is 8.13. The van der Waals surface area contributed by atoms with Crippen LogP contribution in [0.1, 0.15) is 43.9 Å². The summed E-state index contributed by atoms with van der Waals surface area (Å²) in [6, 6.07) is 9.95. The topological polar surface area (TPSA) is 61.0 Å². The Morgan fingerprint density at radius 1 is 1.09 bits per heavy atom. The van der Waals surface area contributed by atoms with Gasteiger partial charge in [-0.25, -0.2) is 4.98 Å². The van der Waals surface area contributed by atoms with Crippen LogP contribution in [0.4, 0.5) is 0 Å². The van der Waals surface area contributed by atoms with Gasteiger partial charge in [0, 0.05) is 11.3 Å². The van der Waals surface area contributed by atoms with E-state index in [1.807, 2.05) is 30.3 Å². The summed E-state index contributed by atoms with van der Waals surface area (Å²) in [5.41, 5.74) is 1.67. The lowest BCUT2D eigenvalue weighted by atomic mass is 9.89. The minimum atomic E-state index is 0.393. The minimum Gasteiger partial charge on any atom is -0.480 e. The number of rotatable bonds is 3. The molecule has 2 heterocycles. The molecule has 2 aromatic heterocycles. The zero-order chi connectivity index (χ0) is 15.6. The molecule has 5 nitrogen and oxygen atoms in total. The maximum Gasteiger partial charge on any atom is 0.230 e. The van der Waals surface area contributed by atoms with Crippen molar-refractivity contribution < 1.29 is 9.26 Å². The number of hydrogen-bond acceptors (Lipinski definition) is 5. The van der Waals surface area contributed by atoms with E-state index in [0.717, 1.165) is 35.2 Å². The molecule has 23 heavy (non-hydrogen) atoms. The van der Waals surface area contributed by atoms with E-state index in [9.17, 15) is 0 Å². The van der Waals surface area contributed by atoms with Gasteiger partial charge in [-0.1, -0.05) is 42.6 Å². The number of para-hydroxylation sites is 1. The Morgan fingerprint density at radius 2 is 1.91 bits per heavy atom. The van der Waals surface area contributed by atoms with Gasteiger partial charge in [-0.05, 0) is 25.0 Å². The number of benzene rings is 1. The highest BCUT2D eigenvalue weighted by molar-refractivity contribution is 5.84. The highest BCUT2D eigenvalue weighted by atomic mass is 16.5. The zero-order valence-corrected chi connectivity index (χ0v) is 13.2. The Kier molecular flexibility index (Phi) is 3.69. The van der Waals surface area contributed by atoms with E-state index in [2.05, 4.69) is 15.1 Å². The fraction of sp³-hybridized carbons (Fsp3) is 0.389. The van der Waals surface area contributed by atoms with Gasteiger partial charge in [0.05, 0.1) is 18.2 Å². The van der Waals surface area contributed by atoms with Gasteiger partial charge in [-0.2, -0.15) is 4.98 Å². The maximum absolute atomic E-state index is 5.53. The molecule has 1 saturated carbocycles. The van der Waals surface area contributed by atoms with Crippen molar-refractivity contribution in [3.8, 4) is 17.3 Å². The summed E-state index contributed by atoms with van der Waals surface area (Å²) < 4.78 is 11.0. The first-order valence-electron chi connectivity index (χ1n) is 8.13. The summed E-state index contributed by atoms with van der Waals surface area (Å²) >= 11 is 0. The summed E-state index contributed by atoms with van der Waals surface area (Å²) in [6.45, 7) is 0. The molecule has 0 saturated heterocycles. The summed E-state index contributed by atoms with van der Waals surface area (Å²) in [7, 11) is 1.61. The van der Waals surface area contributed by atoms with Crippen LogP contribution < -0.4 is 4.74 Å². The SMILES string of the molecule is COc1nc2ccccc2cc1-c1noc(C2CCCCC2)n1. The van der Waals surface area contributed by atoms with Crippen LogP contribution in [0, 0.1) is 0 Å². The normalized spacial score (nSPS) is 15.9. The van der Waals surface area contributed by atoms with Gasteiger partial charge >= 0.3 is 0 Å². The lowest BCUT2D eigenvalue weighted by Crippen LogP contribution is -2.04. The largest absolute Gasteiger partial charge is 0.480 e. The standard InChI is InChI=1S/C18H19N3O2/c1-22-18-14(11-13-9-5-6-10-15(13)19-18)16-20-17(23-21-16)12-7-3-2-4-8-12/h5-6,9-12H,2-4,7-8H2,1H3. The van der Waals surface area contributed by atoms with Crippen LogP contribution in [-0.4, -0.2) is 22.2 Å². The zero-order valence-electron chi connectivity index (χ0n) is 13.2. The van der Waals surface area contributed by atoms with Crippen molar-refractivity contribution in [2.24, 2.45) is 0 Å². The van der Waals surface area contributed by atoms with Gasteiger partial charge < -0.3 is 9.26 Å². The van der Waals surface area contributed by atoms with Crippen molar-refractivity contribution in [3.63, 3.8) is 0 Å². The van der Waals surface area contributed by atoms with E-state index < -0.39 is 0 Å². The average molecular weight is 309 g/mol. The molecule has 1 aliphatic carbocycles. The summed E-state index contributed by atoms with van der Waals surface area (Å²) in [4.78, 5) is 9.17. The highest BCUT2D eigenvalue weighted by Gasteiger charge is 2.23. The van der Waals surface area contributed by atoms with Crippen molar-refractivity contribution in [2.45, 2.75) is 38.0 Å². The third-order valence-corrected chi connectivity index (χ3v) is 4.52. The number of pyridine rings is 1. The van der Waals surface area contributed by atoms with Crippen molar-refractivity contribution in [3.05, 3.63) is 36.2 Å². The van der Waals surface area contributed by atoms with Crippen LogP contribution in [-0.2, 0) is 0 Å². The molecule has 1 fully saturated rings. The maximum atomic E-state index is 5.53. The molecule has 4 rings (SSSR count). The molecule has 5 heteroatoms. The van der Waals surface area contributed by atoms with Gasteiger partial charge in [-0.3, -0.25) is 0 Å². The molecule has 118 valence electrons. The van der Waals surface area contributed by atoms with Crippen molar-refractivity contribution >= 4 is 10.9 Å². The highest BCUT2D eigenvalue weighted by Crippen LogP contribution is 2.34. The molecule has 1 aromatic carbocycles. The fourth-order valence-corrected chi connectivity index (χ4v) is 3.27. The summed E-state index contributed by atoms with van der Waals surface area (Å²) in [5.74, 6) is 2.22. The third kappa shape index (κ3) is 2.67. The van der Waals surface area contributed by atoms with Crippen LogP contribution in [0.3, 0.4) is 0 Å². The van der Waals surface area contributed by atoms with E-state index in [1.54, 1.807) is 7.11 Å². The van der Waals surface area contributed by atoms with Crippen molar-refractivity contribution in [1.29, 1.82) is 0 Å². The molecular formula is C18H19N3O2. The first-order chi connectivity index (χ1) is 11.3. The summed E-state index contributed by atoms with van der Waals surface area (Å²) in [6.07, 6.45) is 6.05. The van der Waals surface area contributed by atoms with Crippen LogP contribution >= 0.6 is 0 Å². The number of aromatic nitrogens is 3. The molecular weight excluding hydrogens is 290 g/mol. The third-order valence-electron chi connectivity index (χ3n) is 4.52. The second kappa shape index (κ2) is 5.99. The monoisotopic (exact) mass is 309 g/mol. The smallest absolute Gasteiger partial charge is 0.230 e. The first kappa shape index (κ1) is 14.2. The van der Waals surface area contributed by atoms with Crippen LogP contribution in [0.5, 0.6) is 5.88 Å². The number of methoxy groups -OCH3 is 1. The molecule has 1 aliphatic rings. The van der Waals surface area contributed by atoms with Crippen molar-refractivity contribution in [1.82, 2.24) is 15.1 Å². The molecule has 0 atom stereocenters. The molecule has 0 spiro atoms. The summed E-state index contributed by atoms with van der Waals surface area (Å²) in [5, 5.41) is 5.21. The van der Waals surface area contributed by atoms with E-state index in [-0.39, 0.29) is 0 Å². The predicted molar refractivity (Wildman–Crippen MR) is 87.4 cm³/mol. The van der Waals surface area contributed by atoms with Gasteiger partial charge in [0.15, 0.2) is 0 Å². The fourth-order valence-electron chi connectivity index (χ4n) is 3.27. The van der Waals surface area contributed by atoms with E-state index in [0.29, 0.717) is 17.6 Å². The Bertz CT molecular complexity index is 822. The molecule has 0 amide bonds. The van der Waals surface area contributed by atoms with Gasteiger partial charge in [0.1, 0.15) is 0 Å². The second-order valence-corrected chi connectivity index (χ2v) is 6.03. The van der Waals surface area contributed by atoms with Gasteiger partial charge in [0.2, 0.25) is 17.6 Å². The number of nitrogens with zero attached hydrogens (tertiary/aromatic N) is 3. The van der Waals surface area contributed by atoms with E-state index in [4.69, 9.17) is 9.26 Å².